The first kappa shape index (κ1) is 13.7. The molecular formula is C11H12F2N6O. The summed E-state index contributed by atoms with van der Waals surface area (Å²) in [7, 11) is 0. The molecule has 0 radical (unpaired) electrons. The van der Waals surface area contributed by atoms with Gasteiger partial charge < -0.3 is 16.2 Å². The Morgan fingerprint density at radius 2 is 2.15 bits per heavy atom. The third kappa shape index (κ3) is 3.19. The van der Waals surface area contributed by atoms with Gasteiger partial charge in [-0.3, -0.25) is 0 Å². The highest BCUT2D eigenvalue weighted by Gasteiger charge is 2.13. The molecule has 0 unspecified atom stereocenters. The van der Waals surface area contributed by atoms with E-state index in [1.807, 2.05) is 0 Å². The summed E-state index contributed by atoms with van der Waals surface area (Å²) in [5, 5.41) is 4.03. The van der Waals surface area contributed by atoms with E-state index < -0.39 is 6.61 Å². The Labute approximate surface area is 112 Å². The maximum absolute atomic E-state index is 12.5. The van der Waals surface area contributed by atoms with Crippen LogP contribution in [0.4, 0.5) is 14.5 Å². The van der Waals surface area contributed by atoms with Gasteiger partial charge in [0, 0.05) is 6.07 Å². The van der Waals surface area contributed by atoms with Crippen molar-refractivity contribution in [1.29, 1.82) is 0 Å². The Morgan fingerprint density at radius 1 is 1.40 bits per heavy atom. The second-order valence-corrected chi connectivity index (χ2v) is 3.80. The average molecular weight is 282 g/mol. The molecule has 0 fully saturated rings. The zero-order valence-corrected chi connectivity index (χ0v) is 10.5. The second-order valence-electron chi connectivity index (χ2n) is 3.80. The van der Waals surface area contributed by atoms with Gasteiger partial charge in [-0.2, -0.15) is 13.9 Å². The molecule has 0 saturated carbocycles. The minimum atomic E-state index is -2.98. The van der Waals surface area contributed by atoms with Gasteiger partial charge in [0.05, 0.1) is 5.69 Å². The van der Waals surface area contributed by atoms with Crippen molar-refractivity contribution in [3.63, 3.8) is 0 Å². The van der Waals surface area contributed by atoms with Crippen molar-refractivity contribution < 1.29 is 13.5 Å². The average Bonchev–Trinajstić information content (AvgIpc) is 2.74. The molecule has 0 spiro atoms. The Morgan fingerprint density at radius 3 is 2.70 bits per heavy atom. The third-order valence-electron chi connectivity index (χ3n) is 2.27. The number of hydrogen-bond acceptors (Lipinski definition) is 4. The highest BCUT2D eigenvalue weighted by molar-refractivity contribution is 5.79. The number of hydrogen-bond donors (Lipinski definition) is 2. The molecule has 0 aliphatic rings. The molecule has 0 aliphatic carbocycles. The monoisotopic (exact) mass is 282 g/mol. The van der Waals surface area contributed by atoms with Gasteiger partial charge in [-0.1, -0.05) is 0 Å². The third-order valence-corrected chi connectivity index (χ3v) is 2.27. The molecule has 0 aliphatic heterocycles. The molecule has 1 heterocycles. The first-order chi connectivity index (χ1) is 9.45. The Balaban J connectivity index is 2.47. The van der Waals surface area contributed by atoms with Gasteiger partial charge >= 0.3 is 6.61 Å². The summed E-state index contributed by atoms with van der Waals surface area (Å²) in [5.41, 5.74) is 11.1. The zero-order valence-electron chi connectivity index (χ0n) is 10.5. The van der Waals surface area contributed by atoms with Crippen molar-refractivity contribution in [1.82, 2.24) is 14.8 Å². The van der Waals surface area contributed by atoms with E-state index in [2.05, 4.69) is 19.8 Å². The maximum atomic E-state index is 12.5. The van der Waals surface area contributed by atoms with E-state index >= 15 is 0 Å². The van der Waals surface area contributed by atoms with Crippen molar-refractivity contribution in [3.8, 4) is 11.4 Å². The van der Waals surface area contributed by atoms with E-state index in [1.165, 1.54) is 23.1 Å². The molecule has 0 bridgehead atoms. The summed E-state index contributed by atoms with van der Waals surface area (Å²) in [6, 6.07) is 4.34. The lowest BCUT2D eigenvalue weighted by molar-refractivity contribution is -0.0498. The topological polar surface area (TPSA) is 104 Å². The van der Waals surface area contributed by atoms with Gasteiger partial charge in [0.1, 0.15) is 17.8 Å². The van der Waals surface area contributed by atoms with Crippen LogP contribution in [0.2, 0.25) is 0 Å². The van der Waals surface area contributed by atoms with Crippen LogP contribution in [0.1, 0.15) is 5.82 Å². The van der Waals surface area contributed by atoms with Crippen LogP contribution in [0.5, 0.6) is 5.75 Å². The van der Waals surface area contributed by atoms with Crippen LogP contribution in [0.3, 0.4) is 0 Å². The number of ether oxygens (including phenoxy) is 1. The first-order valence-electron chi connectivity index (χ1n) is 5.53. The number of nitrogens with zero attached hydrogens (tertiary/aromatic N) is 4. The van der Waals surface area contributed by atoms with Crippen molar-refractivity contribution in [2.75, 3.05) is 0 Å². The van der Waals surface area contributed by atoms with E-state index in [-0.39, 0.29) is 11.7 Å². The molecule has 9 heteroatoms. The molecule has 2 rings (SSSR count). The van der Waals surface area contributed by atoms with Crippen molar-refractivity contribution >= 4 is 11.6 Å². The molecule has 1 aromatic heterocycles. The smallest absolute Gasteiger partial charge is 0.387 e. The molecule has 1 aromatic carbocycles. The summed E-state index contributed by atoms with van der Waals surface area (Å²) in [5.74, 6) is 0.214. The van der Waals surface area contributed by atoms with Gasteiger partial charge in [-0.05, 0) is 19.1 Å². The predicted molar refractivity (Wildman–Crippen MR) is 68.2 cm³/mol. The molecule has 2 aromatic rings. The predicted octanol–water partition coefficient (Wildman–Crippen LogP) is 1.08. The second kappa shape index (κ2) is 5.51. The van der Waals surface area contributed by atoms with Gasteiger partial charge in [-0.15, -0.1) is 0 Å². The molecule has 0 amide bonds. The number of aromatic nitrogens is 3. The van der Waals surface area contributed by atoms with E-state index in [0.29, 0.717) is 17.2 Å². The number of halogens is 2. The van der Waals surface area contributed by atoms with Crippen molar-refractivity contribution in [2.45, 2.75) is 13.5 Å². The molecule has 20 heavy (non-hydrogen) atoms. The number of aliphatic imine (C=N–C) groups is 1. The molecular weight excluding hydrogens is 270 g/mol. The quantitative estimate of drug-likeness (QED) is 0.645. The molecule has 0 saturated heterocycles. The van der Waals surface area contributed by atoms with Crippen LogP contribution in [0.25, 0.3) is 5.69 Å². The first-order valence-corrected chi connectivity index (χ1v) is 5.53. The summed E-state index contributed by atoms with van der Waals surface area (Å²) in [4.78, 5) is 7.69. The minimum absolute atomic E-state index is 0.104. The van der Waals surface area contributed by atoms with Gasteiger partial charge in [0.2, 0.25) is 0 Å². The maximum Gasteiger partial charge on any atom is 0.387 e. The number of aryl methyl sites for hydroxylation is 1. The fourth-order valence-corrected chi connectivity index (χ4v) is 1.56. The molecule has 7 nitrogen and oxygen atoms in total. The highest BCUT2D eigenvalue weighted by Crippen LogP contribution is 2.29. The van der Waals surface area contributed by atoms with Crippen LogP contribution in [0, 0.1) is 6.92 Å². The molecule has 4 N–H and O–H groups in total. The lowest BCUT2D eigenvalue weighted by atomic mass is 10.2. The summed E-state index contributed by atoms with van der Waals surface area (Å²) in [6.07, 6.45) is 1.39. The number of benzene rings is 1. The van der Waals surface area contributed by atoms with Crippen LogP contribution in [0.15, 0.2) is 29.5 Å². The van der Waals surface area contributed by atoms with E-state index in [1.54, 1.807) is 13.0 Å². The number of guanidine groups is 1. The van der Waals surface area contributed by atoms with Gasteiger partial charge in [-0.25, -0.2) is 14.7 Å². The Hall–Kier alpha value is -2.71. The number of nitrogens with two attached hydrogens (primary N) is 2. The van der Waals surface area contributed by atoms with Gasteiger partial charge in [0.25, 0.3) is 0 Å². The summed E-state index contributed by atoms with van der Waals surface area (Å²) < 4.78 is 30.7. The molecule has 0 atom stereocenters. The largest absolute Gasteiger partial charge is 0.432 e. The molecule has 106 valence electrons. The number of alkyl halides is 2. The fourth-order valence-electron chi connectivity index (χ4n) is 1.56. The van der Waals surface area contributed by atoms with Crippen molar-refractivity contribution in [3.05, 3.63) is 30.4 Å². The summed E-state index contributed by atoms with van der Waals surface area (Å²) in [6.45, 7) is -1.30. The Kier molecular flexibility index (Phi) is 3.78. The number of rotatable bonds is 4. The fraction of sp³-hybridized carbons (Fsp3) is 0.182. The Bertz CT molecular complexity index is 636. The minimum Gasteiger partial charge on any atom is -0.432 e. The van der Waals surface area contributed by atoms with Crippen LogP contribution in [-0.4, -0.2) is 27.3 Å². The highest BCUT2D eigenvalue weighted by atomic mass is 19.3. The van der Waals surface area contributed by atoms with E-state index in [0.717, 1.165) is 0 Å². The lowest BCUT2D eigenvalue weighted by Gasteiger charge is -2.11. The zero-order chi connectivity index (χ0) is 14.7. The standard InChI is InChI=1S/C11H12F2N6O/c1-6-16-5-19(18-6)8-3-2-7(17-11(14)15)4-9(8)20-10(12)13/h2-5,10H,1H3,(H4,14,15,17). The van der Waals surface area contributed by atoms with Crippen LogP contribution < -0.4 is 16.2 Å². The van der Waals surface area contributed by atoms with Crippen LogP contribution >= 0.6 is 0 Å². The van der Waals surface area contributed by atoms with Crippen LogP contribution in [-0.2, 0) is 0 Å². The normalized spacial score (nSPS) is 10.6. The summed E-state index contributed by atoms with van der Waals surface area (Å²) >= 11 is 0. The SMILES string of the molecule is Cc1ncn(-c2ccc(N=C(N)N)cc2OC(F)F)n1. The lowest BCUT2D eigenvalue weighted by Crippen LogP contribution is -2.21. The van der Waals surface area contributed by atoms with Gasteiger partial charge in [0.15, 0.2) is 11.7 Å². The van der Waals surface area contributed by atoms with Crippen molar-refractivity contribution in [2.24, 2.45) is 16.5 Å². The van der Waals surface area contributed by atoms with E-state index in [9.17, 15) is 8.78 Å². The van der Waals surface area contributed by atoms with E-state index in [4.69, 9.17) is 11.5 Å².